The summed E-state index contributed by atoms with van der Waals surface area (Å²) in [6.45, 7) is 9.68. The van der Waals surface area contributed by atoms with Gasteiger partial charge in [0.15, 0.2) is 5.96 Å². The highest BCUT2D eigenvalue weighted by Crippen LogP contribution is 2.07. The van der Waals surface area contributed by atoms with Gasteiger partial charge in [-0.15, -0.1) is 24.0 Å². The highest BCUT2D eigenvalue weighted by molar-refractivity contribution is 14.0. The first-order valence-corrected chi connectivity index (χ1v) is 7.74. The predicted octanol–water partition coefficient (Wildman–Crippen LogP) is 3.55. The standard InChI is InChI=1S/C17H29N3O.HI/c1-5-18-17(19-10-9-14(2)3)20-12-15-7-6-8-16(11-15)13-21-4;/h6-8,11,14H,5,9-10,12-13H2,1-4H3,(H2,18,19,20);1H. The van der Waals surface area contributed by atoms with Crippen LogP contribution in [0.4, 0.5) is 0 Å². The number of hydrogen-bond donors (Lipinski definition) is 2. The van der Waals surface area contributed by atoms with Crippen molar-refractivity contribution in [3.8, 4) is 0 Å². The molecule has 0 unspecified atom stereocenters. The topological polar surface area (TPSA) is 45.7 Å². The predicted molar refractivity (Wildman–Crippen MR) is 105 cm³/mol. The Morgan fingerprint density at radius 3 is 2.59 bits per heavy atom. The minimum atomic E-state index is 0. The molecule has 0 spiro atoms. The van der Waals surface area contributed by atoms with Gasteiger partial charge in [0.05, 0.1) is 13.2 Å². The van der Waals surface area contributed by atoms with Gasteiger partial charge in [0.1, 0.15) is 0 Å². The highest BCUT2D eigenvalue weighted by Gasteiger charge is 2.00. The van der Waals surface area contributed by atoms with Crippen molar-refractivity contribution >= 4 is 29.9 Å². The number of halogens is 1. The minimum absolute atomic E-state index is 0. The number of nitrogens with zero attached hydrogens (tertiary/aromatic N) is 1. The summed E-state index contributed by atoms with van der Waals surface area (Å²) in [5.41, 5.74) is 2.38. The number of nitrogens with one attached hydrogen (secondary N) is 2. The SMILES string of the molecule is CCNC(=NCc1cccc(COC)c1)NCCC(C)C.I. The molecule has 1 aromatic carbocycles. The molecule has 2 N–H and O–H groups in total. The molecule has 1 aromatic rings. The van der Waals surface area contributed by atoms with Crippen LogP contribution in [-0.2, 0) is 17.9 Å². The van der Waals surface area contributed by atoms with Crippen LogP contribution in [-0.4, -0.2) is 26.2 Å². The molecule has 0 aliphatic heterocycles. The molecule has 0 aliphatic carbocycles. The maximum absolute atomic E-state index is 5.16. The summed E-state index contributed by atoms with van der Waals surface area (Å²) >= 11 is 0. The van der Waals surface area contributed by atoms with Crippen molar-refractivity contribution in [2.24, 2.45) is 10.9 Å². The third kappa shape index (κ3) is 9.25. The molecule has 0 saturated heterocycles. The van der Waals surface area contributed by atoms with E-state index in [0.29, 0.717) is 19.1 Å². The van der Waals surface area contributed by atoms with Crippen molar-refractivity contribution in [1.29, 1.82) is 0 Å². The molecule has 0 heterocycles. The monoisotopic (exact) mass is 419 g/mol. The Morgan fingerprint density at radius 2 is 1.95 bits per heavy atom. The summed E-state index contributed by atoms with van der Waals surface area (Å²) in [5, 5.41) is 6.66. The minimum Gasteiger partial charge on any atom is -0.380 e. The molecular weight excluding hydrogens is 389 g/mol. The summed E-state index contributed by atoms with van der Waals surface area (Å²) in [6, 6.07) is 8.37. The molecule has 22 heavy (non-hydrogen) atoms. The van der Waals surface area contributed by atoms with E-state index in [-0.39, 0.29) is 24.0 Å². The zero-order valence-corrected chi connectivity index (χ0v) is 16.5. The number of guanidine groups is 1. The van der Waals surface area contributed by atoms with Crippen LogP contribution in [0.15, 0.2) is 29.3 Å². The van der Waals surface area contributed by atoms with Gasteiger partial charge in [-0.2, -0.15) is 0 Å². The molecule has 0 radical (unpaired) electrons. The Balaban J connectivity index is 0.00000441. The summed E-state index contributed by atoms with van der Waals surface area (Å²) < 4.78 is 5.16. The van der Waals surface area contributed by atoms with Crippen molar-refractivity contribution < 1.29 is 4.74 Å². The van der Waals surface area contributed by atoms with E-state index in [1.54, 1.807) is 7.11 Å². The Labute approximate surface area is 152 Å². The largest absolute Gasteiger partial charge is 0.380 e. The van der Waals surface area contributed by atoms with Gasteiger partial charge < -0.3 is 15.4 Å². The van der Waals surface area contributed by atoms with E-state index in [0.717, 1.165) is 25.5 Å². The van der Waals surface area contributed by atoms with Crippen LogP contribution >= 0.6 is 24.0 Å². The summed E-state index contributed by atoms with van der Waals surface area (Å²) in [5.74, 6) is 1.58. The van der Waals surface area contributed by atoms with Gasteiger partial charge in [-0.3, -0.25) is 0 Å². The molecule has 5 heteroatoms. The quantitative estimate of drug-likeness (QED) is 0.385. The van der Waals surface area contributed by atoms with E-state index < -0.39 is 0 Å². The molecule has 0 aromatic heterocycles. The lowest BCUT2D eigenvalue weighted by molar-refractivity contribution is 0.185. The maximum atomic E-state index is 5.16. The molecular formula is C17H30IN3O. The van der Waals surface area contributed by atoms with Crippen molar-refractivity contribution in [1.82, 2.24) is 10.6 Å². The Bertz CT molecular complexity index is 436. The van der Waals surface area contributed by atoms with E-state index in [1.165, 1.54) is 11.1 Å². The fourth-order valence-corrected chi connectivity index (χ4v) is 1.98. The van der Waals surface area contributed by atoms with Crippen molar-refractivity contribution in [3.63, 3.8) is 0 Å². The molecule has 126 valence electrons. The first-order valence-electron chi connectivity index (χ1n) is 7.74. The van der Waals surface area contributed by atoms with Crippen molar-refractivity contribution in [2.45, 2.75) is 40.3 Å². The number of rotatable bonds is 8. The number of benzene rings is 1. The molecule has 0 fully saturated rings. The maximum Gasteiger partial charge on any atom is 0.191 e. The summed E-state index contributed by atoms with van der Waals surface area (Å²) in [7, 11) is 1.72. The van der Waals surface area contributed by atoms with Gasteiger partial charge in [0, 0.05) is 20.2 Å². The Hall–Kier alpha value is -0.820. The number of aliphatic imine (C=N–C) groups is 1. The highest BCUT2D eigenvalue weighted by atomic mass is 127. The fourth-order valence-electron chi connectivity index (χ4n) is 1.98. The van der Waals surface area contributed by atoms with Crippen LogP contribution in [0.3, 0.4) is 0 Å². The van der Waals surface area contributed by atoms with Gasteiger partial charge in [0.2, 0.25) is 0 Å². The second kappa shape index (κ2) is 12.7. The molecule has 4 nitrogen and oxygen atoms in total. The first kappa shape index (κ1) is 21.2. The smallest absolute Gasteiger partial charge is 0.191 e. The molecule has 0 atom stereocenters. The number of ether oxygens (including phenoxy) is 1. The normalized spacial score (nSPS) is 11.2. The lowest BCUT2D eigenvalue weighted by atomic mass is 10.1. The van der Waals surface area contributed by atoms with Crippen molar-refractivity contribution in [3.05, 3.63) is 35.4 Å². The average Bonchev–Trinajstić information content (AvgIpc) is 2.45. The molecule has 0 bridgehead atoms. The van der Waals surface area contributed by atoms with Crippen LogP contribution in [0.1, 0.15) is 38.3 Å². The summed E-state index contributed by atoms with van der Waals surface area (Å²) in [6.07, 6.45) is 1.15. The van der Waals surface area contributed by atoms with E-state index >= 15 is 0 Å². The van der Waals surface area contributed by atoms with Gasteiger partial charge in [-0.05, 0) is 30.4 Å². The summed E-state index contributed by atoms with van der Waals surface area (Å²) in [4.78, 5) is 4.64. The third-order valence-electron chi connectivity index (χ3n) is 3.08. The number of hydrogen-bond acceptors (Lipinski definition) is 2. The van der Waals surface area contributed by atoms with Gasteiger partial charge in [-0.1, -0.05) is 38.1 Å². The van der Waals surface area contributed by atoms with E-state index in [2.05, 4.69) is 60.7 Å². The van der Waals surface area contributed by atoms with Crippen LogP contribution in [0.25, 0.3) is 0 Å². The zero-order valence-electron chi connectivity index (χ0n) is 14.2. The molecule has 0 amide bonds. The second-order valence-corrected chi connectivity index (χ2v) is 5.56. The van der Waals surface area contributed by atoms with Crippen molar-refractivity contribution in [2.75, 3.05) is 20.2 Å². The van der Waals surface area contributed by atoms with Gasteiger partial charge >= 0.3 is 0 Å². The average molecular weight is 419 g/mol. The molecule has 0 aliphatic rings. The Morgan fingerprint density at radius 1 is 1.23 bits per heavy atom. The third-order valence-corrected chi connectivity index (χ3v) is 3.08. The van der Waals surface area contributed by atoms with Crippen LogP contribution in [0, 0.1) is 5.92 Å². The fraction of sp³-hybridized carbons (Fsp3) is 0.588. The zero-order chi connectivity index (χ0) is 15.5. The second-order valence-electron chi connectivity index (χ2n) is 5.56. The molecule has 0 saturated carbocycles. The van der Waals surface area contributed by atoms with Gasteiger partial charge in [-0.25, -0.2) is 4.99 Å². The van der Waals surface area contributed by atoms with Crippen LogP contribution in [0.2, 0.25) is 0 Å². The Kier molecular flexibility index (Phi) is 12.2. The molecule has 1 rings (SSSR count). The van der Waals surface area contributed by atoms with Crippen LogP contribution in [0.5, 0.6) is 0 Å². The first-order chi connectivity index (χ1) is 10.2. The number of methoxy groups -OCH3 is 1. The van der Waals surface area contributed by atoms with E-state index in [1.807, 2.05) is 0 Å². The lowest BCUT2D eigenvalue weighted by Gasteiger charge is -2.12. The van der Waals surface area contributed by atoms with E-state index in [9.17, 15) is 0 Å². The van der Waals surface area contributed by atoms with Crippen LogP contribution < -0.4 is 10.6 Å². The lowest BCUT2D eigenvalue weighted by Crippen LogP contribution is -2.38. The van der Waals surface area contributed by atoms with E-state index in [4.69, 9.17) is 4.74 Å². The van der Waals surface area contributed by atoms with Gasteiger partial charge in [0.25, 0.3) is 0 Å².